The van der Waals surface area contributed by atoms with Gasteiger partial charge in [-0.1, -0.05) is 127 Å². The lowest BCUT2D eigenvalue weighted by atomic mass is 9.80. The molecule has 2 N–H and O–H groups in total. The first kappa shape index (κ1) is 48.1. The fourth-order valence-corrected chi connectivity index (χ4v) is 11.3. The summed E-state index contributed by atoms with van der Waals surface area (Å²) in [5.74, 6) is 2.57. The van der Waals surface area contributed by atoms with Crippen molar-refractivity contribution in [2.45, 2.75) is 152 Å². The van der Waals surface area contributed by atoms with Crippen LogP contribution in [-0.4, -0.2) is 36.8 Å². The summed E-state index contributed by atoms with van der Waals surface area (Å²) < 4.78 is 5.49. The molecule has 0 aliphatic rings. The first-order valence-corrected chi connectivity index (χ1v) is 25.0. The van der Waals surface area contributed by atoms with E-state index in [0.29, 0.717) is 23.3 Å². The lowest BCUT2D eigenvalue weighted by Crippen LogP contribution is -2.13. The van der Waals surface area contributed by atoms with Gasteiger partial charge in [-0.2, -0.15) is 0 Å². The maximum Gasteiger partial charge on any atom is 0.131 e. The number of unbranched alkanes of at least 4 members (excludes halogenated alkanes) is 1. The molecular formula is C57H77O3P. The smallest absolute Gasteiger partial charge is 0.131 e. The highest BCUT2D eigenvalue weighted by Gasteiger charge is 2.28. The summed E-state index contributed by atoms with van der Waals surface area (Å²) in [4.78, 5) is 0. The first-order chi connectivity index (χ1) is 28.7. The highest BCUT2D eigenvalue weighted by molar-refractivity contribution is 7.65. The van der Waals surface area contributed by atoms with E-state index in [-0.39, 0.29) is 23.7 Å². The molecule has 0 amide bonds. The van der Waals surface area contributed by atoms with Gasteiger partial charge in [0, 0.05) is 36.0 Å². The topological polar surface area (TPSA) is 49.7 Å². The molecule has 0 fully saturated rings. The molecule has 61 heavy (non-hydrogen) atoms. The number of phenolic OH excluding ortho intramolecular Hbond substituents is 2. The van der Waals surface area contributed by atoms with Crippen molar-refractivity contribution in [3.63, 3.8) is 0 Å². The minimum absolute atomic E-state index is 0.277. The number of aromatic hydroxyl groups is 2. The third-order valence-electron chi connectivity index (χ3n) is 12.6. The number of rotatable bonds is 16. The van der Waals surface area contributed by atoms with Gasteiger partial charge in [0.15, 0.2) is 0 Å². The third kappa shape index (κ3) is 10.3. The molecule has 0 saturated carbocycles. The van der Waals surface area contributed by atoms with Crippen molar-refractivity contribution >= 4 is 13.2 Å². The van der Waals surface area contributed by atoms with Crippen LogP contribution in [-0.2, 0) is 4.74 Å². The average Bonchev–Trinajstić information content (AvgIpc) is 3.19. The number of aryl methyl sites for hydroxylation is 3. The maximum atomic E-state index is 12.9. The van der Waals surface area contributed by atoms with Crippen LogP contribution in [0.15, 0.2) is 60.7 Å². The van der Waals surface area contributed by atoms with Crippen molar-refractivity contribution in [2.24, 2.45) is 0 Å². The summed E-state index contributed by atoms with van der Waals surface area (Å²) in [5.41, 5.74) is 19.1. The third-order valence-corrected chi connectivity index (χ3v) is 14.9. The van der Waals surface area contributed by atoms with Crippen LogP contribution in [0.3, 0.4) is 0 Å². The Morgan fingerprint density at radius 3 is 1.05 bits per heavy atom. The van der Waals surface area contributed by atoms with Gasteiger partial charge < -0.3 is 14.9 Å². The van der Waals surface area contributed by atoms with E-state index in [9.17, 15) is 10.2 Å². The standard InChI is InChI=1S/C57H77O3P/c1-32(2)41-28-43(34(5)6)53(44(29-41)35(7)8)51-26-38(13)22-47(55(51)58)49-24-40(15)25-50(57(49)61(17)21-19-18-20-60-16)48-23-39(14)27-52(56(48)59)54-45(36(9)10)30-42(33(3)4)31-46(54)37(11)12/h22-37,58-59H,18-21H2,1-17H3. The second-order valence-electron chi connectivity index (χ2n) is 19.8. The highest BCUT2D eigenvalue weighted by atomic mass is 31.1. The van der Waals surface area contributed by atoms with Crippen molar-refractivity contribution in [1.82, 2.24) is 0 Å². The molecule has 1 unspecified atom stereocenters. The van der Waals surface area contributed by atoms with E-state index >= 15 is 0 Å². The van der Waals surface area contributed by atoms with Crippen molar-refractivity contribution < 1.29 is 14.9 Å². The van der Waals surface area contributed by atoms with E-state index in [1.54, 1.807) is 7.11 Å². The minimum Gasteiger partial charge on any atom is -0.507 e. The predicted octanol–water partition coefficient (Wildman–Crippen LogP) is 16.6. The zero-order valence-electron chi connectivity index (χ0n) is 40.8. The van der Waals surface area contributed by atoms with E-state index in [4.69, 9.17) is 4.74 Å². The molecule has 4 heteroatoms. The highest BCUT2D eigenvalue weighted by Crippen LogP contribution is 2.51. The summed E-state index contributed by atoms with van der Waals surface area (Å²) >= 11 is 0. The summed E-state index contributed by atoms with van der Waals surface area (Å²) in [7, 11) is 1.04. The average molecular weight is 841 g/mol. The molecule has 3 nitrogen and oxygen atoms in total. The van der Waals surface area contributed by atoms with Gasteiger partial charge in [0.2, 0.25) is 0 Å². The molecule has 0 aliphatic heterocycles. The van der Waals surface area contributed by atoms with E-state index in [1.807, 2.05) is 0 Å². The Morgan fingerprint density at radius 1 is 0.443 bits per heavy atom. The monoisotopic (exact) mass is 841 g/mol. The van der Waals surface area contributed by atoms with E-state index in [1.165, 1.54) is 38.7 Å². The van der Waals surface area contributed by atoms with E-state index in [0.717, 1.165) is 86.8 Å². The van der Waals surface area contributed by atoms with Gasteiger partial charge in [0.1, 0.15) is 11.5 Å². The molecule has 0 aliphatic carbocycles. The molecule has 0 heterocycles. The molecule has 328 valence electrons. The molecule has 0 radical (unpaired) electrons. The van der Waals surface area contributed by atoms with Crippen LogP contribution < -0.4 is 5.30 Å². The van der Waals surface area contributed by atoms with E-state index in [2.05, 4.69) is 171 Å². The first-order valence-electron chi connectivity index (χ1n) is 23.1. The van der Waals surface area contributed by atoms with Crippen molar-refractivity contribution in [2.75, 3.05) is 26.5 Å². The van der Waals surface area contributed by atoms with Gasteiger partial charge in [-0.25, -0.2) is 0 Å². The van der Waals surface area contributed by atoms with Crippen LogP contribution in [0.25, 0.3) is 44.5 Å². The quantitative estimate of drug-likeness (QED) is 0.0769. The normalized spacial score (nSPS) is 12.6. The second-order valence-corrected chi connectivity index (χ2v) is 22.1. The number of hydrogen-bond acceptors (Lipinski definition) is 3. The number of benzene rings is 5. The van der Waals surface area contributed by atoms with Gasteiger partial charge in [-0.3, -0.25) is 0 Å². The maximum absolute atomic E-state index is 12.9. The Kier molecular flexibility index (Phi) is 15.8. The van der Waals surface area contributed by atoms with Gasteiger partial charge in [-0.05, 0) is 184 Å². The fraction of sp³-hybridized carbons (Fsp3) is 0.474. The largest absolute Gasteiger partial charge is 0.507 e. The molecule has 5 aromatic carbocycles. The van der Waals surface area contributed by atoms with Crippen LogP contribution >= 0.6 is 7.92 Å². The van der Waals surface area contributed by atoms with Gasteiger partial charge in [0.25, 0.3) is 0 Å². The lowest BCUT2D eigenvalue weighted by Gasteiger charge is -2.27. The molecule has 0 saturated heterocycles. The molecule has 1 atom stereocenters. The van der Waals surface area contributed by atoms with Gasteiger partial charge in [0.05, 0.1) is 0 Å². The molecule has 0 aromatic heterocycles. The SMILES string of the molecule is COCCCCP(C)c1c(-c2cc(C)cc(-c3c(C(C)C)cc(C(C)C)cc3C(C)C)c2O)cc(C)cc1-c1cc(C)cc(-c2c(C(C)C)cc(C(C)C)cc2C(C)C)c1O. The Bertz CT molecular complexity index is 2130. The summed E-state index contributed by atoms with van der Waals surface area (Å²) in [6.07, 6.45) is 3.04. The van der Waals surface area contributed by atoms with Gasteiger partial charge >= 0.3 is 0 Å². The Balaban J connectivity index is 1.90. The number of ether oxygens (including phenoxy) is 1. The van der Waals surface area contributed by atoms with Crippen LogP contribution in [0, 0.1) is 20.8 Å². The summed E-state index contributed by atoms with van der Waals surface area (Å²) in [6.45, 7) is 36.9. The zero-order chi connectivity index (χ0) is 45.2. The second kappa shape index (κ2) is 20.1. The Labute approximate surface area is 372 Å². The zero-order valence-corrected chi connectivity index (χ0v) is 41.7. The van der Waals surface area contributed by atoms with Crippen LogP contribution in [0.1, 0.15) is 182 Å². The van der Waals surface area contributed by atoms with Crippen LogP contribution in [0.2, 0.25) is 0 Å². The van der Waals surface area contributed by atoms with Crippen molar-refractivity contribution in [1.29, 1.82) is 0 Å². The van der Waals surface area contributed by atoms with Crippen molar-refractivity contribution in [3.8, 4) is 56.0 Å². The molecular weight excluding hydrogens is 764 g/mol. The molecule has 0 spiro atoms. The lowest BCUT2D eigenvalue weighted by molar-refractivity contribution is 0.194. The number of hydrogen-bond donors (Lipinski definition) is 2. The summed E-state index contributed by atoms with van der Waals surface area (Å²) in [6, 6.07) is 22.8. The minimum atomic E-state index is -0.732. The fourth-order valence-electron chi connectivity index (χ4n) is 9.19. The van der Waals surface area contributed by atoms with Gasteiger partial charge in [-0.15, -0.1) is 0 Å². The Hall–Kier alpha value is -3.91. The summed E-state index contributed by atoms with van der Waals surface area (Å²) in [5, 5.41) is 27.0. The molecule has 0 bridgehead atoms. The van der Waals surface area contributed by atoms with Crippen molar-refractivity contribution in [3.05, 3.63) is 111 Å². The molecule has 5 rings (SSSR count). The predicted molar refractivity (Wildman–Crippen MR) is 269 cm³/mol. The molecule has 5 aromatic rings. The van der Waals surface area contributed by atoms with Crippen LogP contribution in [0.5, 0.6) is 11.5 Å². The Morgan fingerprint density at radius 2 is 0.754 bits per heavy atom. The number of methoxy groups -OCH3 is 1. The van der Waals surface area contributed by atoms with Crippen LogP contribution in [0.4, 0.5) is 0 Å². The number of phenols is 2. The van der Waals surface area contributed by atoms with E-state index < -0.39 is 7.92 Å².